The smallest absolute Gasteiger partial charge is 0.325 e. The minimum absolute atomic E-state index is 0.0182. The third-order valence-electron chi connectivity index (χ3n) is 4.18. The quantitative estimate of drug-likeness (QED) is 0.738. The highest BCUT2D eigenvalue weighted by atomic mass is 35.5. The Bertz CT molecular complexity index is 710. The van der Waals surface area contributed by atoms with Crippen molar-refractivity contribution in [1.82, 2.24) is 15.5 Å². The lowest BCUT2D eigenvalue weighted by molar-refractivity contribution is -0.135. The van der Waals surface area contributed by atoms with Gasteiger partial charge in [0.2, 0.25) is 5.91 Å². The Kier molecular flexibility index (Phi) is 5.95. The maximum atomic E-state index is 12.8. The monoisotopic (exact) mass is 385 g/mol. The molecule has 0 saturated carbocycles. The highest BCUT2D eigenvalue weighted by Gasteiger charge is 2.50. The van der Waals surface area contributed by atoms with Crippen LogP contribution in [0.5, 0.6) is 0 Å². The Hall–Kier alpha value is -1.79. The first-order valence-electron chi connectivity index (χ1n) is 8.08. The van der Waals surface area contributed by atoms with Crippen molar-refractivity contribution in [3.63, 3.8) is 0 Å². The summed E-state index contributed by atoms with van der Waals surface area (Å²) < 4.78 is 0. The molecule has 136 valence electrons. The van der Waals surface area contributed by atoms with Crippen LogP contribution in [0.2, 0.25) is 10.0 Å². The van der Waals surface area contributed by atoms with Gasteiger partial charge in [-0.2, -0.15) is 0 Å². The van der Waals surface area contributed by atoms with Crippen molar-refractivity contribution in [2.24, 2.45) is 0 Å². The van der Waals surface area contributed by atoms with E-state index in [4.69, 9.17) is 23.2 Å². The fraction of sp³-hybridized carbons (Fsp3) is 0.471. The summed E-state index contributed by atoms with van der Waals surface area (Å²) in [5, 5.41) is 6.09. The van der Waals surface area contributed by atoms with Gasteiger partial charge >= 0.3 is 6.03 Å². The molecule has 2 N–H and O–H groups in total. The van der Waals surface area contributed by atoms with Crippen LogP contribution in [0.25, 0.3) is 0 Å². The molecule has 0 aromatic heterocycles. The number of nitrogens with zero attached hydrogens (tertiary/aromatic N) is 1. The number of halogens is 2. The van der Waals surface area contributed by atoms with Gasteiger partial charge in [-0.25, -0.2) is 4.79 Å². The second kappa shape index (κ2) is 7.62. The van der Waals surface area contributed by atoms with E-state index in [9.17, 15) is 14.4 Å². The number of carbonyl (C=O) groups excluding carboxylic acids is 3. The van der Waals surface area contributed by atoms with Gasteiger partial charge < -0.3 is 10.6 Å². The third-order valence-corrected chi connectivity index (χ3v) is 4.72. The van der Waals surface area contributed by atoms with Crippen LogP contribution in [-0.2, 0) is 15.1 Å². The maximum Gasteiger partial charge on any atom is 0.325 e. The Labute approximate surface area is 156 Å². The number of hydrogen-bond donors (Lipinski definition) is 2. The normalized spacial score (nSPS) is 21.2. The molecule has 1 aliphatic heterocycles. The van der Waals surface area contributed by atoms with Crippen molar-refractivity contribution in [3.05, 3.63) is 33.8 Å². The molecular weight excluding hydrogens is 365 g/mol. The number of benzene rings is 1. The van der Waals surface area contributed by atoms with E-state index in [0.29, 0.717) is 10.6 Å². The Balaban J connectivity index is 2.17. The van der Waals surface area contributed by atoms with E-state index in [-0.39, 0.29) is 23.5 Å². The maximum absolute atomic E-state index is 12.8. The molecule has 2 atom stereocenters. The molecule has 1 aromatic carbocycles. The third kappa shape index (κ3) is 4.07. The number of rotatable bonds is 6. The van der Waals surface area contributed by atoms with Crippen LogP contribution in [0.3, 0.4) is 0 Å². The molecule has 6 nitrogen and oxygen atoms in total. The molecule has 8 heteroatoms. The first-order chi connectivity index (χ1) is 11.7. The van der Waals surface area contributed by atoms with Gasteiger partial charge in [0.15, 0.2) is 0 Å². The zero-order valence-electron chi connectivity index (χ0n) is 14.4. The summed E-state index contributed by atoms with van der Waals surface area (Å²) in [4.78, 5) is 38.0. The molecule has 0 radical (unpaired) electrons. The molecule has 4 amide bonds. The number of hydrogen-bond acceptors (Lipinski definition) is 3. The van der Waals surface area contributed by atoms with Gasteiger partial charge in [0.05, 0.1) is 0 Å². The molecule has 0 aliphatic carbocycles. The lowest BCUT2D eigenvalue weighted by atomic mass is 9.92. The van der Waals surface area contributed by atoms with Gasteiger partial charge in [-0.3, -0.25) is 14.5 Å². The van der Waals surface area contributed by atoms with Crippen LogP contribution in [-0.4, -0.2) is 35.3 Å². The van der Waals surface area contributed by atoms with Crippen molar-refractivity contribution in [2.75, 3.05) is 6.54 Å². The molecule has 2 rings (SSSR count). The van der Waals surface area contributed by atoms with Crippen molar-refractivity contribution < 1.29 is 14.4 Å². The number of urea groups is 1. The lowest BCUT2D eigenvalue weighted by Crippen LogP contribution is -2.45. The summed E-state index contributed by atoms with van der Waals surface area (Å²) in [7, 11) is 0. The molecule has 1 aliphatic rings. The number of nitrogens with one attached hydrogen (secondary N) is 2. The van der Waals surface area contributed by atoms with E-state index in [2.05, 4.69) is 10.6 Å². The van der Waals surface area contributed by atoms with Crippen molar-refractivity contribution in [3.8, 4) is 0 Å². The van der Waals surface area contributed by atoms with Gasteiger partial charge in [-0.05, 0) is 32.4 Å². The zero-order chi connectivity index (χ0) is 18.8. The Morgan fingerprint density at radius 1 is 1.36 bits per heavy atom. The fourth-order valence-corrected chi connectivity index (χ4v) is 3.48. The van der Waals surface area contributed by atoms with Gasteiger partial charge in [0.1, 0.15) is 12.1 Å². The average molecular weight is 386 g/mol. The van der Waals surface area contributed by atoms with Crippen LogP contribution < -0.4 is 10.6 Å². The highest BCUT2D eigenvalue weighted by molar-refractivity contribution is 6.35. The molecule has 1 fully saturated rings. The molecule has 1 heterocycles. The molecule has 1 aromatic rings. The Morgan fingerprint density at radius 3 is 2.64 bits per heavy atom. The van der Waals surface area contributed by atoms with Crippen LogP contribution in [0, 0.1) is 0 Å². The van der Waals surface area contributed by atoms with E-state index in [1.165, 1.54) is 6.07 Å². The van der Waals surface area contributed by atoms with Crippen LogP contribution in [0.4, 0.5) is 4.79 Å². The SMILES string of the molecule is CCCC(C)NC(=O)CN1C(=O)NC(C)(c2ccc(Cl)cc2Cl)C1=O. The second-order valence-electron chi connectivity index (χ2n) is 6.33. The van der Waals surface area contributed by atoms with Crippen molar-refractivity contribution in [2.45, 2.75) is 45.2 Å². The highest BCUT2D eigenvalue weighted by Crippen LogP contribution is 2.34. The predicted molar refractivity (Wildman–Crippen MR) is 96.6 cm³/mol. The van der Waals surface area contributed by atoms with Crippen LogP contribution in [0.1, 0.15) is 39.2 Å². The first kappa shape index (κ1) is 19.5. The minimum atomic E-state index is -1.34. The minimum Gasteiger partial charge on any atom is -0.352 e. The lowest BCUT2D eigenvalue weighted by Gasteiger charge is -2.23. The summed E-state index contributed by atoms with van der Waals surface area (Å²) >= 11 is 12.1. The van der Waals surface area contributed by atoms with Gasteiger partial charge in [-0.1, -0.05) is 42.6 Å². The summed E-state index contributed by atoms with van der Waals surface area (Å²) in [5.41, 5.74) is -0.909. The topological polar surface area (TPSA) is 78.5 Å². The molecule has 0 spiro atoms. The summed E-state index contributed by atoms with van der Waals surface area (Å²) in [6.45, 7) is 5.12. The van der Waals surface area contributed by atoms with Crippen LogP contribution >= 0.6 is 23.2 Å². The first-order valence-corrected chi connectivity index (χ1v) is 8.83. The number of amides is 4. The fourth-order valence-electron chi connectivity index (χ4n) is 2.89. The predicted octanol–water partition coefficient (Wildman–Crippen LogP) is 3.07. The van der Waals surface area contributed by atoms with E-state index >= 15 is 0 Å². The van der Waals surface area contributed by atoms with E-state index in [1.54, 1.807) is 19.1 Å². The largest absolute Gasteiger partial charge is 0.352 e. The molecule has 25 heavy (non-hydrogen) atoms. The van der Waals surface area contributed by atoms with Crippen molar-refractivity contribution in [1.29, 1.82) is 0 Å². The van der Waals surface area contributed by atoms with Gasteiger partial charge in [-0.15, -0.1) is 0 Å². The summed E-state index contributed by atoms with van der Waals surface area (Å²) in [6.07, 6.45) is 1.75. The molecular formula is C17H21Cl2N3O3. The number of carbonyl (C=O) groups is 3. The molecule has 0 bridgehead atoms. The standard InChI is InChI=1S/C17H21Cl2N3O3/c1-4-5-10(2)20-14(23)9-22-15(24)17(3,21-16(22)25)12-7-6-11(18)8-13(12)19/h6-8,10H,4-5,9H2,1-3H3,(H,20,23)(H,21,25). The molecule has 1 saturated heterocycles. The second-order valence-corrected chi connectivity index (χ2v) is 7.17. The Morgan fingerprint density at radius 2 is 2.04 bits per heavy atom. The van der Waals surface area contributed by atoms with Gasteiger partial charge in [0.25, 0.3) is 5.91 Å². The van der Waals surface area contributed by atoms with E-state index in [1.807, 2.05) is 13.8 Å². The van der Waals surface area contributed by atoms with Gasteiger partial charge in [0, 0.05) is 21.7 Å². The zero-order valence-corrected chi connectivity index (χ0v) is 15.9. The summed E-state index contributed by atoms with van der Waals surface area (Å²) in [6, 6.07) is 4.04. The van der Waals surface area contributed by atoms with Crippen molar-refractivity contribution >= 4 is 41.0 Å². The van der Waals surface area contributed by atoms with Crippen LogP contribution in [0.15, 0.2) is 18.2 Å². The molecule has 2 unspecified atom stereocenters. The number of imide groups is 1. The van der Waals surface area contributed by atoms with E-state index < -0.39 is 17.5 Å². The summed E-state index contributed by atoms with van der Waals surface area (Å²) in [5.74, 6) is -0.907. The van der Waals surface area contributed by atoms with E-state index in [0.717, 1.165) is 17.7 Å². The average Bonchev–Trinajstić information content (AvgIpc) is 2.71.